The number of unbranched alkanes of at least 4 members (excludes halogenated alkanes) is 1. The van der Waals surface area contributed by atoms with Gasteiger partial charge in [0, 0.05) is 7.05 Å². The van der Waals surface area contributed by atoms with E-state index in [0.29, 0.717) is 0 Å². The van der Waals surface area contributed by atoms with Gasteiger partial charge in [-0.2, -0.15) is 5.26 Å². The van der Waals surface area contributed by atoms with Gasteiger partial charge in [0.05, 0.1) is 25.6 Å². The van der Waals surface area contributed by atoms with Crippen LogP contribution in [0.3, 0.4) is 0 Å². The third kappa shape index (κ3) is 8.94. The molecule has 1 aliphatic rings. The van der Waals surface area contributed by atoms with Crippen molar-refractivity contribution >= 4 is 23.9 Å². The van der Waals surface area contributed by atoms with Gasteiger partial charge in [0.25, 0.3) is 0 Å². The summed E-state index contributed by atoms with van der Waals surface area (Å²) >= 11 is 1.34. The van der Waals surface area contributed by atoms with Crippen molar-refractivity contribution in [2.24, 2.45) is 0 Å². The van der Waals surface area contributed by atoms with Gasteiger partial charge in [0.1, 0.15) is 6.20 Å². The molecule has 0 aromatic carbocycles. The van der Waals surface area contributed by atoms with Gasteiger partial charge in [0.15, 0.2) is 12.1 Å². The lowest BCUT2D eigenvalue weighted by Crippen LogP contribution is -2.37. The summed E-state index contributed by atoms with van der Waals surface area (Å²) in [6.45, 7) is 4.14. The van der Waals surface area contributed by atoms with Crippen LogP contribution in [0.1, 0.15) is 32.6 Å². The normalized spacial score (nSPS) is 19.6. The van der Waals surface area contributed by atoms with Gasteiger partial charge in [-0.15, -0.1) is 0 Å². The second-order valence-electron chi connectivity index (χ2n) is 4.70. The Morgan fingerprint density at radius 2 is 1.95 bits per heavy atom. The number of carboxylic acid groups (broad SMARTS) is 2. The molecule has 0 aliphatic carbocycles. The first-order chi connectivity index (χ1) is 9.85. The molecule has 0 amide bonds. The minimum absolute atomic E-state index is 0.296. The Kier molecular flexibility index (Phi) is 9.25. The summed E-state index contributed by atoms with van der Waals surface area (Å²) in [6, 6.07) is 0. The van der Waals surface area contributed by atoms with Crippen molar-refractivity contribution in [2.45, 2.75) is 32.6 Å². The Morgan fingerprint density at radius 1 is 1.38 bits per heavy atom. The highest BCUT2D eigenvalue weighted by Crippen LogP contribution is 2.28. The van der Waals surface area contributed by atoms with Crippen molar-refractivity contribution < 1.29 is 23.7 Å². The van der Waals surface area contributed by atoms with Crippen molar-refractivity contribution in [3.05, 3.63) is 12.4 Å². The molecule has 0 aromatic heterocycles. The molecule has 118 valence electrons. The highest BCUT2D eigenvalue weighted by molar-refractivity contribution is 7.98. The molecule has 2 N–H and O–H groups in total. The monoisotopic (exact) mass is 316 g/mol. The van der Waals surface area contributed by atoms with Gasteiger partial charge in [-0.05, 0) is 6.42 Å². The molecular weight excluding hydrogens is 294 g/mol. The number of hydrogen-bond acceptors (Lipinski definition) is 5. The molecule has 0 saturated heterocycles. The number of hydrogen-bond donors (Lipinski definition) is 2. The molecule has 0 radical (unpaired) electrons. The van der Waals surface area contributed by atoms with E-state index in [1.807, 2.05) is 7.05 Å². The molecule has 1 heterocycles. The summed E-state index contributed by atoms with van der Waals surface area (Å²) in [5.74, 6) is -2.15. The van der Waals surface area contributed by atoms with Crippen molar-refractivity contribution in [3.8, 4) is 5.40 Å². The zero-order valence-corrected chi connectivity index (χ0v) is 13.2. The Labute approximate surface area is 129 Å². The van der Waals surface area contributed by atoms with Crippen LogP contribution in [0.4, 0.5) is 0 Å². The molecule has 21 heavy (non-hydrogen) atoms. The van der Waals surface area contributed by atoms with E-state index in [1.165, 1.54) is 24.8 Å². The third-order valence-corrected chi connectivity index (χ3v) is 3.59. The number of aliphatic carboxylic acids is 2. The Balaban J connectivity index is 0.000000433. The summed E-state index contributed by atoms with van der Waals surface area (Å²) in [4.78, 5) is 21.4. The van der Waals surface area contributed by atoms with Gasteiger partial charge in [-0.25, -0.2) is 3.89 Å². The molecular formula is C13H22N3O4S+. The van der Waals surface area contributed by atoms with E-state index in [-0.39, 0.29) is 12.8 Å². The van der Waals surface area contributed by atoms with E-state index in [1.54, 1.807) is 0 Å². The maximum absolute atomic E-state index is 9.64. The molecule has 1 atom stereocenters. The number of nitrogens with zero attached hydrogens (tertiary/aromatic N) is 3. The van der Waals surface area contributed by atoms with Crippen LogP contribution in [-0.4, -0.2) is 51.2 Å². The van der Waals surface area contributed by atoms with Crippen LogP contribution in [0.2, 0.25) is 0 Å². The maximum atomic E-state index is 9.64. The second-order valence-corrected chi connectivity index (χ2v) is 5.79. The minimum atomic E-state index is -1.08. The first-order valence-electron chi connectivity index (χ1n) is 6.63. The number of quaternary nitrogens is 1. The van der Waals surface area contributed by atoms with Crippen molar-refractivity contribution in [3.63, 3.8) is 0 Å². The predicted molar refractivity (Wildman–Crippen MR) is 79.5 cm³/mol. The van der Waals surface area contributed by atoms with Gasteiger partial charge >= 0.3 is 11.9 Å². The molecule has 0 spiro atoms. The lowest BCUT2D eigenvalue weighted by molar-refractivity contribution is -0.742. The smallest absolute Gasteiger partial charge is 0.303 e. The van der Waals surface area contributed by atoms with Crippen LogP contribution in [0.15, 0.2) is 12.4 Å². The van der Waals surface area contributed by atoms with Gasteiger partial charge in [-0.3, -0.25) is 9.59 Å². The van der Waals surface area contributed by atoms with E-state index in [0.717, 1.165) is 17.1 Å². The standard InChI is InChI=1S/C9H16N3S.C4H6O4/c1-3-4-6-12(13-8-10)7-5-11(2)9-12;5-3(6)1-2-4(7)8/h5,7H,3-4,6,9H2,1-2H3;1-2H2,(H,5,6)(H,7,8)/q+1;. The van der Waals surface area contributed by atoms with E-state index >= 15 is 0 Å². The summed E-state index contributed by atoms with van der Waals surface area (Å²) in [7, 11) is 2.04. The Hall–Kier alpha value is -1.72. The highest BCUT2D eigenvalue weighted by atomic mass is 32.2. The topological polar surface area (TPSA) is 102 Å². The molecule has 0 fully saturated rings. The predicted octanol–water partition coefficient (Wildman–Crippen LogP) is 2.04. The molecule has 0 saturated carbocycles. The van der Waals surface area contributed by atoms with Crippen molar-refractivity contribution in [2.75, 3.05) is 20.3 Å². The molecule has 1 unspecified atom stereocenters. The highest BCUT2D eigenvalue weighted by Gasteiger charge is 2.32. The summed E-state index contributed by atoms with van der Waals surface area (Å²) in [6.07, 6.45) is 5.94. The van der Waals surface area contributed by atoms with Gasteiger partial charge in [0.2, 0.25) is 11.9 Å². The zero-order chi connectivity index (χ0) is 16.3. The maximum Gasteiger partial charge on any atom is 0.303 e. The minimum Gasteiger partial charge on any atom is -0.481 e. The summed E-state index contributed by atoms with van der Waals surface area (Å²) in [5, 5.41) is 26.7. The lowest BCUT2D eigenvalue weighted by atomic mass is 10.3. The average molecular weight is 316 g/mol. The molecule has 7 nitrogen and oxygen atoms in total. The number of carboxylic acids is 2. The summed E-state index contributed by atoms with van der Waals surface area (Å²) in [5.41, 5.74) is 0. The fourth-order valence-electron chi connectivity index (χ4n) is 1.68. The van der Waals surface area contributed by atoms with Crippen LogP contribution < -0.4 is 0 Å². The van der Waals surface area contributed by atoms with Crippen LogP contribution in [0.5, 0.6) is 0 Å². The van der Waals surface area contributed by atoms with Crippen molar-refractivity contribution in [1.29, 1.82) is 5.26 Å². The average Bonchev–Trinajstić information content (AvgIpc) is 2.77. The first kappa shape index (κ1) is 19.3. The van der Waals surface area contributed by atoms with Crippen LogP contribution in [0.25, 0.3) is 0 Å². The number of nitriles is 1. The summed E-state index contributed by atoms with van der Waals surface area (Å²) < 4.78 is 0.737. The SMILES string of the molecule is CCCC[N+]1(SC#N)C=CN(C)C1.O=C(O)CCC(=O)O. The fourth-order valence-corrected chi connectivity index (χ4v) is 2.42. The van der Waals surface area contributed by atoms with Crippen LogP contribution >= 0.6 is 11.9 Å². The molecule has 8 heteroatoms. The number of rotatable bonds is 7. The molecule has 1 rings (SSSR count). The zero-order valence-electron chi connectivity index (χ0n) is 12.4. The van der Waals surface area contributed by atoms with E-state index in [4.69, 9.17) is 15.5 Å². The van der Waals surface area contributed by atoms with Crippen LogP contribution in [0, 0.1) is 10.7 Å². The van der Waals surface area contributed by atoms with E-state index in [2.05, 4.69) is 29.6 Å². The second kappa shape index (κ2) is 10.1. The Morgan fingerprint density at radius 3 is 2.29 bits per heavy atom. The van der Waals surface area contributed by atoms with Gasteiger partial charge in [-0.1, -0.05) is 13.3 Å². The molecule has 1 aliphatic heterocycles. The first-order valence-corrected chi connectivity index (χ1v) is 7.40. The fraction of sp³-hybridized carbons (Fsp3) is 0.615. The van der Waals surface area contributed by atoms with E-state index in [9.17, 15) is 9.59 Å². The largest absolute Gasteiger partial charge is 0.481 e. The molecule has 0 aromatic rings. The number of thiocyanates is 1. The number of carbonyl (C=O) groups is 2. The Bertz CT molecular complexity index is 408. The molecule has 0 bridgehead atoms. The van der Waals surface area contributed by atoms with Crippen LogP contribution in [-0.2, 0) is 9.59 Å². The quantitative estimate of drug-likeness (QED) is 0.421. The van der Waals surface area contributed by atoms with E-state index < -0.39 is 11.9 Å². The van der Waals surface area contributed by atoms with Crippen molar-refractivity contribution in [1.82, 2.24) is 4.90 Å². The van der Waals surface area contributed by atoms with Gasteiger partial charge < -0.3 is 15.1 Å². The lowest BCUT2D eigenvalue weighted by Gasteiger charge is -2.26. The third-order valence-electron chi connectivity index (χ3n) is 2.72.